The van der Waals surface area contributed by atoms with E-state index in [1.165, 1.54) is 25.1 Å². The number of nitrogen functional groups attached to an aromatic ring is 1. The predicted molar refractivity (Wildman–Crippen MR) is 75.3 cm³/mol. The number of anilines is 2. The fourth-order valence-electron chi connectivity index (χ4n) is 2.76. The number of aromatic nitrogens is 1. The number of nitrogens with zero attached hydrogens (tertiary/aromatic N) is 1. The van der Waals surface area contributed by atoms with E-state index in [2.05, 4.69) is 24.1 Å². The van der Waals surface area contributed by atoms with Crippen LogP contribution >= 0.6 is 0 Å². The highest BCUT2D eigenvalue weighted by atomic mass is 16.4. The molecular weight excluding hydrogens is 242 g/mol. The van der Waals surface area contributed by atoms with Crippen LogP contribution in [0.1, 0.15) is 49.9 Å². The summed E-state index contributed by atoms with van der Waals surface area (Å²) in [5, 5.41) is 12.4. The quantitative estimate of drug-likeness (QED) is 0.780. The lowest BCUT2D eigenvalue weighted by Crippen LogP contribution is -2.32. The zero-order chi connectivity index (χ0) is 14.0. The van der Waals surface area contributed by atoms with Crippen molar-refractivity contribution in [3.63, 3.8) is 0 Å². The Balaban J connectivity index is 2.11. The van der Waals surface area contributed by atoms with Gasteiger partial charge in [-0.25, -0.2) is 9.78 Å². The van der Waals surface area contributed by atoms with Crippen molar-refractivity contribution in [2.45, 2.75) is 45.6 Å². The van der Waals surface area contributed by atoms with E-state index in [1.807, 2.05) is 0 Å². The van der Waals surface area contributed by atoms with E-state index < -0.39 is 5.97 Å². The van der Waals surface area contributed by atoms with Crippen LogP contribution in [0.15, 0.2) is 12.3 Å². The zero-order valence-electron chi connectivity index (χ0n) is 11.4. The largest absolute Gasteiger partial charge is 0.478 e. The van der Waals surface area contributed by atoms with Crippen molar-refractivity contribution in [1.29, 1.82) is 0 Å². The Morgan fingerprint density at radius 2 is 2.32 bits per heavy atom. The van der Waals surface area contributed by atoms with Gasteiger partial charge in [-0.3, -0.25) is 0 Å². The van der Waals surface area contributed by atoms with Crippen LogP contribution in [0, 0.1) is 5.41 Å². The SMILES string of the molecule is CC1(C)CCCC(Nc2cc(C(=O)O)c(N)cn2)C1. The zero-order valence-corrected chi connectivity index (χ0v) is 11.4. The second-order valence-corrected chi connectivity index (χ2v) is 6.06. The number of rotatable bonds is 3. The summed E-state index contributed by atoms with van der Waals surface area (Å²) in [7, 11) is 0. The molecule has 0 bridgehead atoms. The van der Waals surface area contributed by atoms with Crippen molar-refractivity contribution >= 4 is 17.5 Å². The van der Waals surface area contributed by atoms with Crippen molar-refractivity contribution in [3.8, 4) is 0 Å². The number of pyridine rings is 1. The molecule has 2 rings (SSSR count). The fraction of sp³-hybridized carbons (Fsp3) is 0.571. The van der Waals surface area contributed by atoms with Crippen LogP contribution in [-0.4, -0.2) is 22.1 Å². The molecule has 1 aliphatic carbocycles. The van der Waals surface area contributed by atoms with E-state index in [1.54, 1.807) is 0 Å². The van der Waals surface area contributed by atoms with Gasteiger partial charge in [0.25, 0.3) is 0 Å². The molecule has 0 spiro atoms. The lowest BCUT2D eigenvalue weighted by atomic mass is 9.75. The maximum Gasteiger partial charge on any atom is 0.337 e. The molecule has 5 heteroatoms. The Bertz CT molecular complexity index is 486. The summed E-state index contributed by atoms with van der Waals surface area (Å²) >= 11 is 0. The first-order chi connectivity index (χ1) is 8.87. The number of carboxylic acids is 1. The average molecular weight is 263 g/mol. The summed E-state index contributed by atoms with van der Waals surface area (Å²) in [5.41, 5.74) is 6.23. The molecule has 1 aromatic rings. The highest BCUT2D eigenvalue weighted by Crippen LogP contribution is 2.36. The molecular formula is C14H21N3O2. The van der Waals surface area contributed by atoms with Crippen LogP contribution < -0.4 is 11.1 Å². The summed E-state index contributed by atoms with van der Waals surface area (Å²) in [6.07, 6.45) is 5.99. The average Bonchev–Trinajstić information content (AvgIpc) is 2.30. The van der Waals surface area contributed by atoms with Gasteiger partial charge in [-0.2, -0.15) is 0 Å². The van der Waals surface area contributed by atoms with Gasteiger partial charge in [0.2, 0.25) is 0 Å². The van der Waals surface area contributed by atoms with Gasteiger partial charge in [0.1, 0.15) is 5.82 Å². The Labute approximate surface area is 113 Å². The molecule has 0 radical (unpaired) electrons. The van der Waals surface area contributed by atoms with Gasteiger partial charge in [-0.05, 0) is 30.7 Å². The predicted octanol–water partition coefficient (Wildman–Crippen LogP) is 2.74. The van der Waals surface area contributed by atoms with E-state index in [9.17, 15) is 4.79 Å². The molecule has 1 aromatic heterocycles. The highest BCUT2D eigenvalue weighted by molar-refractivity contribution is 5.94. The number of aromatic carboxylic acids is 1. The molecule has 1 saturated carbocycles. The van der Waals surface area contributed by atoms with Crippen molar-refractivity contribution < 1.29 is 9.90 Å². The summed E-state index contributed by atoms with van der Waals surface area (Å²) in [4.78, 5) is 15.2. The van der Waals surface area contributed by atoms with Crippen LogP contribution in [0.2, 0.25) is 0 Å². The highest BCUT2D eigenvalue weighted by Gasteiger charge is 2.28. The van der Waals surface area contributed by atoms with Crippen LogP contribution in [-0.2, 0) is 0 Å². The first-order valence-electron chi connectivity index (χ1n) is 6.63. The van der Waals surface area contributed by atoms with Crippen molar-refractivity contribution in [2.24, 2.45) is 5.41 Å². The molecule has 4 N–H and O–H groups in total. The fourth-order valence-corrected chi connectivity index (χ4v) is 2.76. The Kier molecular flexibility index (Phi) is 3.64. The second-order valence-electron chi connectivity index (χ2n) is 6.06. The molecule has 0 amide bonds. The van der Waals surface area contributed by atoms with Crippen molar-refractivity contribution in [3.05, 3.63) is 17.8 Å². The molecule has 0 aromatic carbocycles. The Hall–Kier alpha value is -1.78. The lowest BCUT2D eigenvalue weighted by molar-refractivity contribution is 0.0698. The monoisotopic (exact) mass is 263 g/mol. The van der Waals surface area contributed by atoms with Crippen LogP contribution in [0.4, 0.5) is 11.5 Å². The van der Waals surface area contributed by atoms with E-state index in [4.69, 9.17) is 10.8 Å². The minimum Gasteiger partial charge on any atom is -0.478 e. The molecule has 5 nitrogen and oxygen atoms in total. The first-order valence-corrected chi connectivity index (χ1v) is 6.63. The van der Waals surface area contributed by atoms with Gasteiger partial charge >= 0.3 is 5.97 Å². The number of carboxylic acid groups (broad SMARTS) is 1. The first kappa shape index (κ1) is 13.6. The maximum atomic E-state index is 11.0. The van der Waals surface area contributed by atoms with Crippen LogP contribution in [0.25, 0.3) is 0 Å². The van der Waals surface area contributed by atoms with Gasteiger partial charge in [0.05, 0.1) is 17.4 Å². The van der Waals surface area contributed by atoms with E-state index >= 15 is 0 Å². The second kappa shape index (κ2) is 5.07. The minimum atomic E-state index is -1.02. The molecule has 0 aliphatic heterocycles. The normalized spacial score (nSPS) is 21.9. The van der Waals surface area contributed by atoms with Gasteiger partial charge in [0, 0.05) is 6.04 Å². The molecule has 1 heterocycles. The number of hydrogen-bond donors (Lipinski definition) is 3. The third-order valence-electron chi connectivity index (χ3n) is 3.72. The van der Waals surface area contributed by atoms with Crippen molar-refractivity contribution in [1.82, 2.24) is 4.98 Å². The van der Waals surface area contributed by atoms with Gasteiger partial charge < -0.3 is 16.2 Å². The Morgan fingerprint density at radius 3 is 2.95 bits per heavy atom. The molecule has 0 saturated heterocycles. The standard InChI is InChI=1S/C14H21N3O2/c1-14(2)5-3-4-9(7-14)17-12-6-10(13(18)19)11(15)8-16-12/h6,8-9H,3-5,7,15H2,1-2H3,(H,16,17)(H,18,19). The smallest absolute Gasteiger partial charge is 0.337 e. The number of hydrogen-bond acceptors (Lipinski definition) is 4. The molecule has 1 unspecified atom stereocenters. The Morgan fingerprint density at radius 1 is 1.58 bits per heavy atom. The summed E-state index contributed by atoms with van der Waals surface area (Å²) in [6.45, 7) is 4.53. The van der Waals surface area contributed by atoms with E-state index in [0.717, 1.165) is 12.8 Å². The van der Waals surface area contributed by atoms with Crippen LogP contribution in [0.3, 0.4) is 0 Å². The van der Waals surface area contributed by atoms with Crippen molar-refractivity contribution in [2.75, 3.05) is 11.1 Å². The van der Waals surface area contributed by atoms with E-state index in [0.29, 0.717) is 17.3 Å². The van der Waals surface area contributed by atoms with Crippen LogP contribution in [0.5, 0.6) is 0 Å². The van der Waals surface area contributed by atoms with E-state index in [-0.39, 0.29) is 11.3 Å². The number of nitrogens with one attached hydrogen (secondary N) is 1. The summed E-state index contributed by atoms with van der Waals surface area (Å²) in [5.74, 6) is -0.429. The van der Waals surface area contributed by atoms with Gasteiger partial charge in [0.15, 0.2) is 0 Å². The molecule has 104 valence electrons. The van der Waals surface area contributed by atoms with Gasteiger partial charge in [-0.15, -0.1) is 0 Å². The lowest BCUT2D eigenvalue weighted by Gasteiger charge is -2.35. The minimum absolute atomic E-state index is 0.104. The molecule has 1 aliphatic rings. The number of carbonyl (C=O) groups is 1. The van der Waals surface area contributed by atoms with Gasteiger partial charge in [-0.1, -0.05) is 20.3 Å². The summed E-state index contributed by atoms with van der Waals surface area (Å²) in [6, 6.07) is 1.86. The molecule has 1 atom stereocenters. The third kappa shape index (κ3) is 3.36. The third-order valence-corrected chi connectivity index (χ3v) is 3.72. The molecule has 1 fully saturated rings. The topological polar surface area (TPSA) is 88.2 Å². The maximum absolute atomic E-state index is 11.0. The summed E-state index contributed by atoms with van der Waals surface area (Å²) < 4.78 is 0. The number of nitrogens with two attached hydrogens (primary N) is 1. The molecule has 19 heavy (non-hydrogen) atoms.